The topological polar surface area (TPSA) is 85.0 Å². The predicted molar refractivity (Wildman–Crippen MR) is 98.7 cm³/mol. The highest BCUT2D eigenvalue weighted by Gasteiger charge is 2.25. The van der Waals surface area contributed by atoms with E-state index in [0.29, 0.717) is 12.3 Å². The summed E-state index contributed by atoms with van der Waals surface area (Å²) in [6.45, 7) is 0. The molecule has 1 aliphatic carbocycles. The summed E-state index contributed by atoms with van der Waals surface area (Å²) in [6.07, 6.45) is 7.37. The second-order valence-electron chi connectivity index (χ2n) is 6.22. The Morgan fingerprint density at radius 2 is 2.12 bits per heavy atom. The van der Waals surface area contributed by atoms with Gasteiger partial charge in [-0.2, -0.15) is 5.10 Å². The molecular formula is C17H24ClN5O. The number of rotatable bonds is 5. The fourth-order valence-corrected chi connectivity index (χ4v) is 3.10. The normalized spacial score (nSPS) is 19.6. The Morgan fingerprint density at radius 1 is 1.33 bits per heavy atom. The van der Waals surface area contributed by atoms with Crippen LogP contribution in [-0.2, 0) is 11.8 Å². The van der Waals surface area contributed by atoms with Crippen LogP contribution < -0.4 is 16.4 Å². The lowest BCUT2D eigenvalue weighted by atomic mass is 10.00. The highest BCUT2D eigenvalue weighted by Crippen LogP contribution is 2.27. The van der Waals surface area contributed by atoms with E-state index < -0.39 is 0 Å². The Kier molecular flexibility index (Phi) is 6.23. The van der Waals surface area contributed by atoms with Crippen LogP contribution in [0.4, 0.5) is 17.1 Å². The molecule has 0 unspecified atom stereocenters. The molecule has 2 atom stereocenters. The maximum Gasteiger partial charge on any atom is 0.224 e. The first-order chi connectivity index (χ1) is 11.1. The van der Waals surface area contributed by atoms with Crippen LogP contribution in [-0.4, -0.2) is 21.7 Å². The number of halogens is 1. The van der Waals surface area contributed by atoms with Crippen molar-refractivity contribution in [1.82, 2.24) is 9.78 Å². The van der Waals surface area contributed by atoms with Gasteiger partial charge in [0.05, 0.1) is 11.9 Å². The summed E-state index contributed by atoms with van der Waals surface area (Å²) in [6, 6.07) is 7.84. The van der Waals surface area contributed by atoms with Crippen molar-refractivity contribution in [2.24, 2.45) is 18.7 Å². The van der Waals surface area contributed by atoms with Gasteiger partial charge in [-0.25, -0.2) is 0 Å². The van der Waals surface area contributed by atoms with Crippen molar-refractivity contribution in [2.45, 2.75) is 31.7 Å². The second kappa shape index (κ2) is 8.17. The molecule has 6 nitrogen and oxygen atoms in total. The number of aromatic nitrogens is 2. The Bertz CT molecular complexity index is 687. The van der Waals surface area contributed by atoms with E-state index in [1.807, 2.05) is 37.5 Å². The number of benzene rings is 1. The van der Waals surface area contributed by atoms with Crippen molar-refractivity contribution in [3.63, 3.8) is 0 Å². The third-order valence-electron chi connectivity index (χ3n) is 4.31. The number of carbonyl (C=O) groups excluding carboxylic acids is 1. The van der Waals surface area contributed by atoms with E-state index in [2.05, 4.69) is 15.7 Å². The third-order valence-corrected chi connectivity index (χ3v) is 4.31. The average molecular weight is 350 g/mol. The lowest BCUT2D eigenvalue weighted by molar-refractivity contribution is -0.117. The lowest BCUT2D eigenvalue weighted by Crippen LogP contribution is -2.28. The fourth-order valence-electron chi connectivity index (χ4n) is 3.10. The molecule has 3 rings (SSSR count). The van der Waals surface area contributed by atoms with E-state index >= 15 is 0 Å². The van der Waals surface area contributed by atoms with Crippen molar-refractivity contribution in [3.8, 4) is 0 Å². The van der Waals surface area contributed by atoms with Crippen LogP contribution in [0.3, 0.4) is 0 Å². The van der Waals surface area contributed by atoms with Gasteiger partial charge in [0.2, 0.25) is 5.91 Å². The number of aryl methyl sites for hydroxylation is 1. The summed E-state index contributed by atoms with van der Waals surface area (Å²) in [5.74, 6) is 0.345. The van der Waals surface area contributed by atoms with E-state index in [-0.39, 0.29) is 24.4 Å². The Morgan fingerprint density at radius 3 is 2.79 bits per heavy atom. The quantitative estimate of drug-likeness (QED) is 0.774. The minimum atomic E-state index is 0. The number of nitrogens with one attached hydrogen (secondary N) is 2. The number of hydrogen-bond acceptors (Lipinski definition) is 4. The van der Waals surface area contributed by atoms with Crippen molar-refractivity contribution in [1.29, 1.82) is 0 Å². The van der Waals surface area contributed by atoms with Gasteiger partial charge in [0.25, 0.3) is 0 Å². The van der Waals surface area contributed by atoms with E-state index in [1.165, 1.54) is 0 Å². The number of nitrogens with two attached hydrogens (primary N) is 1. The smallest absolute Gasteiger partial charge is 0.224 e. The SMILES string of the molecule is Cl.Cn1cc(Nc2cccc(NC(=O)C[C@@H]3CCC[C@H]3N)c2)cn1. The second-order valence-corrected chi connectivity index (χ2v) is 6.22. The highest BCUT2D eigenvalue weighted by atomic mass is 35.5. The molecule has 0 bridgehead atoms. The summed E-state index contributed by atoms with van der Waals surface area (Å²) in [5, 5.41) is 10.3. The van der Waals surface area contributed by atoms with Gasteiger partial charge in [0.1, 0.15) is 0 Å². The summed E-state index contributed by atoms with van der Waals surface area (Å²) in [7, 11) is 1.87. The Labute approximate surface area is 148 Å². The molecule has 1 aromatic carbocycles. The van der Waals surface area contributed by atoms with Crippen LogP contribution in [0.25, 0.3) is 0 Å². The molecule has 0 aliphatic heterocycles. The van der Waals surface area contributed by atoms with Gasteiger partial charge in [-0.1, -0.05) is 12.5 Å². The van der Waals surface area contributed by atoms with Crippen molar-refractivity contribution < 1.29 is 4.79 Å². The zero-order chi connectivity index (χ0) is 16.2. The molecule has 24 heavy (non-hydrogen) atoms. The van der Waals surface area contributed by atoms with Crippen LogP contribution >= 0.6 is 12.4 Å². The minimum Gasteiger partial charge on any atom is -0.353 e. The molecule has 1 fully saturated rings. The van der Waals surface area contributed by atoms with Crippen LogP contribution in [0.2, 0.25) is 0 Å². The molecule has 2 aromatic rings. The van der Waals surface area contributed by atoms with Gasteiger partial charge in [-0.05, 0) is 37.0 Å². The number of hydrogen-bond donors (Lipinski definition) is 3. The molecule has 1 aliphatic rings. The number of carbonyl (C=O) groups is 1. The van der Waals surface area contributed by atoms with Crippen LogP contribution in [0.1, 0.15) is 25.7 Å². The summed E-state index contributed by atoms with van der Waals surface area (Å²) in [5.41, 5.74) is 8.64. The number of nitrogens with zero attached hydrogens (tertiary/aromatic N) is 2. The van der Waals surface area contributed by atoms with Crippen LogP contribution in [0.5, 0.6) is 0 Å². The van der Waals surface area contributed by atoms with E-state index in [9.17, 15) is 4.79 Å². The molecule has 1 heterocycles. The molecule has 0 radical (unpaired) electrons. The maximum absolute atomic E-state index is 12.2. The number of amides is 1. The molecule has 1 saturated carbocycles. The summed E-state index contributed by atoms with van der Waals surface area (Å²) < 4.78 is 1.73. The summed E-state index contributed by atoms with van der Waals surface area (Å²) >= 11 is 0. The predicted octanol–water partition coefficient (Wildman–Crippen LogP) is 3.04. The fraction of sp³-hybridized carbons (Fsp3) is 0.412. The highest BCUT2D eigenvalue weighted by molar-refractivity contribution is 5.91. The van der Waals surface area contributed by atoms with E-state index in [1.54, 1.807) is 10.9 Å². The van der Waals surface area contributed by atoms with Crippen molar-refractivity contribution >= 4 is 35.4 Å². The zero-order valence-electron chi connectivity index (χ0n) is 13.7. The van der Waals surface area contributed by atoms with Gasteiger partial charge in [-0.3, -0.25) is 9.48 Å². The van der Waals surface area contributed by atoms with Crippen LogP contribution in [0, 0.1) is 5.92 Å². The van der Waals surface area contributed by atoms with Gasteiger partial charge in [0, 0.05) is 37.1 Å². The van der Waals surface area contributed by atoms with Crippen molar-refractivity contribution in [2.75, 3.05) is 10.6 Å². The standard InChI is InChI=1S/C17H23N5O.ClH/c1-22-11-15(10-19-22)20-13-5-3-6-14(9-13)21-17(23)8-12-4-2-7-16(12)18;/h3,5-6,9-12,16,20H,2,4,7-8,18H2,1H3,(H,21,23);1H/t12-,16+;/m0./s1. The van der Waals surface area contributed by atoms with Gasteiger partial charge >= 0.3 is 0 Å². The van der Waals surface area contributed by atoms with Gasteiger partial charge in [0.15, 0.2) is 0 Å². The molecule has 7 heteroatoms. The largest absolute Gasteiger partial charge is 0.353 e. The molecule has 0 saturated heterocycles. The Hall–Kier alpha value is -2.05. The van der Waals surface area contributed by atoms with Gasteiger partial charge < -0.3 is 16.4 Å². The monoisotopic (exact) mass is 349 g/mol. The summed E-state index contributed by atoms with van der Waals surface area (Å²) in [4.78, 5) is 12.2. The molecule has 1 aromatic heterocycles. The van der Waals surface area contributed by atoms with E-state index in [0.717, 1.165) is 36.3 Å². The third kappa shape index (κ3) is 4.72. The molecule has 1 amide bonds. The van der Waals surface area contributed by atoms with Gasteiger partial charge in [-0.15, -0.1) is 12.4 Å². The molecule has 4 N–H and O–H groups in total. The van der Waals surface area contributed by atoms with Crippen molar-refractivity contribution in [3.05, 3.63) is 36.7 Å². The first kappa shape index (κ1) is 18.3. The molecule has 0 spiro atoms. The van der Waals surface area contributed by atoms with E-state index in [4.69, 9.17) is 5.73 Å². The Balaban J connectivity index is 0.00000208. The molecular weight excluding hydrogens is 326 g/mol. The minimum absolute atomic E-state index is 0. The lowest BCUT2D eigenvalue weighted by Gasteiger charge is -2.15. The molecule has 130 valence electrons. The first-order valence-corrected chi connectivity index (χ1v) is 8.01. The first-order valence-electron chi connectivity index (χ1n) is 8.01. The zero-order valence-corrected chi connectivity index (χ0v) is 14.6. The number of anilines is 3. The maximum atomic E-state index is 12.2. The van der Waals surface area contributed by atoms with Crippen LogP contribution in [0.15, 0.2) is 36.7 Å². The average Bonchev–Trinajstić information content (AvgIpc) is 3.08.